The molecule has 6 heteroatoms. The third kappa shape index (κ3) is 5.26. The van der Waals surface area contributed by atoms with Gasteiger partial charge < -0.3 is 10.2 Å². The largest absolute Gasteiger partial charge is 0.339 e. The smallest absolute Gasteiger partial charge is 0.246 e. The zero-order chi connectivity index (χ0) is 19.2. The lowest BCUT2D eigenvalue weighted by Gasteiger charge is -2.30. The van der Waals surface area contributed by atoms with Crippen molar-refractivity contribution in [1.29, 1.82) is 0 Å². The van der Waals surface area contributed by atoms with Crippen molar-refractivity contribution in [3.8, 4) is 0 Å². The number of anilines is 1. The second-order valence-corrected chi connectivity index (χ2v) is 7.52. The number of likely N-dealkylation sites (tertiary alicyclic amines) is 1. The fraction of sp³-hybridized carbons (Fsp3) is 0.286. The molecule has 27 heavy (non-hydrogen) atoms. The molecule has 1 aromatic carbocycles. The maximum Gasteiger partial charge on any atom is 0.246 e. The van der Waals surface area contributed by atoms with Crippen LogP contribution in [0.15, 0.2) is 53.1 Å². The van der Waals surface area contributed by atoms with Crippen molar-refractivity contribution < 1.29 is 9.59 Å². The Bertz CT molecular complexity index is 858. The van der Waals surface area contributed by atoms with Crippen LogP contribution in [0.5, 0.6) is 0 Å². The summed E-state index contributed by atoms with van der Waals surface area (Å²) in [6, 6.07) is 11.5. The van der Waals surface area contributed by atoms with Gasteiger partial charge in [0.25, 0.3) is 0 Å². The third-order valence-electron chi connectivity index (χ3n) is 4.65. The summed E-state index contributed by atoms with van der Waals surface area (Å²) >= 11 is 3.47. The van der Waals surface area contributed by atoms with Gasteiger partial charge in [0.2, 0.25) is 11.8 Å². The van der Waals surface area contributed by atoms with Crippen LogP contribution in [-0.4, -0.2) is 34.8 Å². The molecule has 1 aliphatic rings. The highest BCUT2D eigenvalue weighted by molar-refractivity contribution is 9.10. The number of aryl methyl sites for hydroxylation is 1. The van der Waals surface area contributed by atoms with Gasteiger partial charge in [0.05, 0.1) is 0 Å². The third-order valence-corrected chi connectivity index (χ3v) is 5.38. The van der Waals surface area contributed by atoms with E-state index in [-0.39, 0.29) is 17.7 Å². The average molecular weight is 428 g/mol. The number of pyridine rings is 1. The standard InChI is InChI=1S/C21H22BrN3O2/c1-15-8-11-23-19(14-15)24-21(27)17-9-12-25(13-10-17)20(26)7-6-16-4-2-3-5-18(16)22/h2-8,11,14,17H,9-10,12-13H2,1H3,(H,23,24,27). The highest BCUT2D eigenvalue weighted by atomic mass is 79.9. The van der Waals surface area contributed by atoms with E-state index in [1.807, 2.05) is 49.4 Å². The summed E-state index contributed by atoms with van der Waals surface area (Å²) < 4.78 is 0.953. The summed E-state index contributed by atoms with van der Waals surface area (Å²) in [6.45, 7) is 3.12. The van der Waals surface area contributed by atoms with E-state index in [9.17, 15) is 9.59 Å². The molecular weight excluding hydrogens is 406 g/mol. The molecule has 0 saturated carbocycles. The Balaban J connectivity index is 1.51. The molecule has 0 atom stereocenters. The summed E-state index contributed by atoms with van der Waals surface area (Å²) in [7, 11) is 0. The Morgan fingerprint density at radius 3 is 2.67 bits per heavy atom. The summed E-state index contributed by atoms with van der Waals surface area (Å²) in [4.78, 5) is 30.8. The van der Waals surface area contributed by atoms with Gasteiger partial charge in [-0.25, -0.2) is 4.98 Å². The van der Waals surface area contributed by atoms with Crippen LogP contribution < -0.4 is 5.32 Å². The molecule has 0 radical (unpaired) electrons. The quantitative estimate of drug-likeness (QED) is 0.748. The number of rotatable bonds is 4. The first kappa shape index (κ1) is 19.3. The summed E-state index contributed by atoms with van der Waals surface area (Å²) in [5.41, 5.74) is 2.02. The number of carbonyl (C=O) groups is 2. The Morgan fingerprint density at radius 1 is 1.22 bits per heavy atom. The molecule has 0 aliphatic carbocycles. The maximum atomic E-state index is 12.4. The predicted molar refractivity (Wildman–Crippen MR) is 110 cm³/mol. The molecule has 0 bridgehead atoms. The highest BCUT2D eigenvalue weighted by Gasteiger charge is 2.26. The van der Waals surface area contributed by atoms with Crippen molar-refractivity contribution >= 4 is 39.6 Å². The van der Waals surface area contributed by atoms with Crippen LogP contribution >= 0.6 is 15.9 Å². The molecule has 0 unspecified atom stereocenters. The molecule has 1 aromatic heterocycles. The molecule has 3 rings (SSSR count). The van der Waals surface area contributed by atoms with Gasteiger partial charge in [-0.15, -0.1) is 0 Å². The second-order valence-electron chi connectivity index (χ2n) is 6.66. The van der Waals surface area contributed by atoms with Crippen molar-refractivity contribution in [2.45, 2.75) is 19.8 Å². The zero-order valence-electron chi connectivity index (χ0n) is 15.2. The van der Waals surface area contributed by atoms with Crippen LogP contribution in [0.4, 0.5) is 5.82 Å². The minimum absolute atomic E-state index is 0.0232. The molecular formula is C21H22BrN3O2. The molecule has 1 saturated heterocycles. The monoisotopic (exact) mass is 427 g/mol. The fourth-order valence-electron chi connectivity index (χ4n) is 3.07. The number of halogens is 1. The molecule has 1 N–H and O–H groups in total. The molecule has 1 aliphatic heterocycles. The Labute approximate surface area is 167 Å². The van der Waals surface area contributed by atoms with E-state index in [4.69, 9.17) is 0 Å². The fourth-order valence-corrected chi connectivity index (χ4v) is 3.49. The molecule has 140 valence electrons. The lowest BCUT2D eigenvalue weighted by Crippen LogP contribution is -2.40. The van der Waals surface area contributed by atoms with Crippen LogP contribution in [0.25, 0.3) is 6.08 Å². The minimum Gasteiger partial charge on any atom is -0.339 e. The van der Waals surface area contributed by atoms with E-state index in [0.29, 0.717) is 31.7 Å². The number of benzene rings is 1. The van der Waals surface area contributed by atoms with Crippen molar-refractivity contribution in [1.82, 2.24) is 9.88 Å². The van der Waals surface area contributed by atoms with E-state index in [2.05, 4.69) is 26.2 Å². The van der Waals surface area contributed by atoms with Gasteiger partial charge in [-0.2, -0.15) is 0 Å². The topological polar surface area (TPSA) is 62.3 Å². The van der Waals surface area contributed by atoms with Crippen LogP contribution in [0.2, 0.25) is 0 Å². The van der Waals surface area contributed by atoms with Gasteiger partial charge in [-0.1, -0.05) is 34.1 Å². The van der Waals surface area contributed by atoms with E-state index < -0.39 is 0 Å². The average Bonchev–Trinajstić information content (AvgIpc) is 2.67. The first-order valence-electron chi connectivity index (χ1n) is 8.98. The predicted octanol–water partition coefficient (Wildman–Crippen LogP) is 4.04. The zero-order valence-corrected chi connectivity index (χ0v) is 16.8. The second kappa shape index (κ2) is 8.95. The number of carbonyl (C=O) groups excluding carboxylic acids is 2. The Hall–Kier alpha value is -2.47. The summed E-state index contributed by atoms with van der Waals surface area (Å²) in [5, 5.41) is 2.88. The number of hydrogen-bond acceptors (Lipinski definition) is 3. The van der Waals surface area contributed by atoms with Crippen molar-refractivity contribution in [3.63, 3.8) is 0 Å². The Morgan fingerprint density at radius 2 is 1.96 bits per heavy atom. The van der Waals surface area contributed by atoms with Crippen LogP contribution in [0, 0.1) is 12.8 Å². The van der Waals surface area contributed by atoms with Gasteiger partial charge in [0.1, 0.15) is 5.82 Å². The molecule has 2 aromatic rings. The van der Waals surface area contributed by atoms with Gasteiger partial charge in [0, 0.05) is 35.8 Å². The minimum atomic E-state index is -0.0939. The van der Waals surface area contributed by atoms with Crippen molar-refractivity contribution in [2.24, 2.45) is 5.92 Å². The number of nitrogens with zero attached hydrogens (tertiary/aromatic N) is 2. The number of hydrogen-bond donors (Lipinski definition) is 1. The van der Waals surface area contributed by atoms with Crippen LogP contribution in [0.3, 0.4) is 0 Å². The number of piperidine rings is 1. The van der Waals surface area contributed by atoms with Gasteiger partial charge in [0.15, 0.2) is 0 Å². The van der Waals surface area contributed by atoms with Gasteiger partial charge >= 0.3 is 0 Å². The lowest BCUT2D eigenvalue weighted by atomic mass is 9.96. The van der Waals surface area contributed by atoms with E-state index in [0.717, 1.165) is 15.6 Å². The molecule has 2 amide bonds. The van der Waals surface area contributed by atoms with Crippen LogP contribution in [0.1, 0.15) is 24.0 Å². The highest BCUT2D eigenvalue weighted by Crippen LogP contribution is 2.21. The van der Waals surface area contributed by atoms with E-state index in [1.54, 1.807) is 17.2 Å². The maximum absolute atomic E-state index is 12.4. The summed E-state index contributed by atoms with van der Waals surface area (Å²) in [5.74, 6) is 0.437. The SMILES string of the molecule is Cc1ccnc(NC(=O)C2CCN(C(=O)C=Cc3ccccc3Br)CC2)c1. The van der Waals surface area contributed by atoms with E-state index in [1.165, 1.54) is 0 Å². The van der Waals surface area contributed by atoms with Gasteiger partial charge in [-0.3, -0.25) is 9.59 Å². The molecule has 1 fully saturated rings. The Kier molecular flexibility index (Phi) is 6.40. The van der Waals surface area contributed by atoms with Crippen molar-refractivity contribution in [2.75, 3.05) is 18.4 Å². The summed E-state index contributed by atoms with van der Waals surface area (Å²) in [6.07, 6.45) is 6.41. The molecule has 2 heterocycles. The first-order chi connectivity index (χ1) is 13.0. The first-order valence-corrected chi connectivity index (χ1v) is 9.77. The number of nitrogens with one attached hydrogen (secondary N) is 1. The normalized spacial score (nSPS) is 15.1. The van der Waals surface area contributed by atoms with Crippen molar-refractivity contribution in [3.05, 3.63) is 64.3 Å². The van der Waals surface area contributed by atoms with Crippen LogP contribution in [-0.2, 0) is 9.59 Å². The number of amides is 2. The van der Waals surface area contributed by atoms with E-state index >= 15 is 0 Å². The lowest BCUT2D eigenvalue weighted by molar-refractivity contribution is -0.130. The van der Waals surface area contributed by atoms with Gasteiger partial charge in [-0.05, 0) is 55.2 Å². The molecule has 5 nitrogen and oxygen atoms in total. The molecule has 0 spiro atoms. The number of aromatic nitrogens is 1.